The highest BCUT2D eigenvalue weighted by atomic mass is 19.4. The predicted octanol–water partition coefficient (Wildman–Crippen LogP) is 5.98. The smallest absolute Gasteiger partial charge is 0.416 e. The van der Waals surface area contributed by atoms with E-state index in [1.165, 1.54) is 35.2 Å². The van der Waals surface area contributed by atoms with E-state index in [2.05, 4.69) is 52.5 Å². The molecular formula is C32H38F3N3O2. The van der Waals surface area contributed by atoms with Crippen LogP contribution in [0.3, 0.4) is 0 Å². The first-order chi connectivity index (χ1) is 19.2. The number of nitrogens with one attached hydrogen (secondary N) is 1. The Morgan fingerprint density at radius 1 is 1.02 bits per heavy atom. The number of hydrogen-bond donors (Lipinski definition) is 1. The molecule has 5 nitrogen and oxygen atoms in total. The second kappa shape index (κ2) is 12.6. The summed E-state index contributed by atoms with van der Waals surface area (Å²) in [5, 5.41) is 5.53. The van der Waals surface area contributed by atoms with Gasteiger partial charge in [-0.2, -0.15) is 13.2 Å². The minimum Gasteiger partial charge on any atom is -0.493 e. The summed E-state index contributed by atoms with van der Waals surface area (Å²) >= 11 is 0. The summed E-state index contributed by atoms with van der Waals surface area (Å²) in [7, 11) is 2.14. The van der Waals surface area contributed by atoms with E-state index >= 15 is 0 Å². The average molecular weight is 554 g/mol. The van der Waals surface area contributed by atoms with Crippen molar-refractivity contribution < 1.29 is 22.7 Å². The van der Waals surface area contributed by atoms with Crippen molar-refractivity contribution >= 4 is 16.7 Å². The van der Waals surface area contributed by atoms with E-state index in [9.17, 15) is 18.0 Å². The number of halogens is 3. The molecule has 2 fully saturated rings. The molecule has 1 N–H and O–H groups in total. The Hall–Kier alpha value is -3.10. The van der Waals surface area contributed by atoms with E-state index in [4.69, 9.17) is 4.74 Å². The zero-order chi connectivity index (χ0) is 28.1. The summed E-state index contributed by atoms with van der Waals surface area (Å²) in [5.41, 5.74) is 0.443. The molecule has 2 aliphatic heterocycles. The molecule has 0 saturated carbocycles. The molecule has 3 aromatic carbocycles. The molecule has 40 heavy (non-hydrogen) atoms. The van der Waals surface area contributed by atoms with Crippen molar-refractivity contribution in [1.29, 1.82) is 0 Å². The number of alkyl halides is 3. The zero-order valence-electron chi connectivity index (χ0n) is 23.0. The van der Waals surface area contributed by atoms with Crippen LogP contribution < -0.4 is 10.1 Å². The van der Waals surface area contributed by atoms with Gasteiger partial charge < -0.3 is 15.0 Å². The topological polar surface area (TPSA) is 44.8 Å². The number of amides is 1. The van der Waals surface area contributed by atoms with Crippen LogP contribution in [-0.4, -0.2) is 61.6 Å². The fraction of sp³-hybridized carbons (Fsp3) is 0.469. The Balaban J connectivity index is 1.25. The maximum atomic E-state index is 13.3. The van der Waals surface area contributed by atoms with E-state index in [1.807, 2.05) is 12.1 Å². The van der Waals surface area contributed by atoms with E-state index < -0.39 is 11.7 Å². The first-order valence-corrected chi connectivity index (χ1v) is 14.2. The van der Waals surface area contributed by atoms with Gasteiger partial charge in [0, 0.05) is 38.1 Å². The van der Waals surface area contributed by atoms with Crippen LogP contribution in [0.4, 0.5) is 13.2 Å². The maximum absolute atomic E-state index is 13.3. The number of piperidine rings is 1. The zero-order valence-corrected chi connectivity index (χ0v) is 23.0. The van der Waals surface area contributed by atoms with Crippen molar-refractivity contribution in [2.45, 2.75) is 44.4 Å². The molecule has 3 aromatic rings. The summed E-state index contributed by atoms with van der Waals surface area (Å²) in [4.78, 5) is 17.9. The summed E-state index contributed by atoms with van der Waals surface area (Å²) in [5.74, 6) is 0.0576. The van der Waals surface area contributed by atoms with Crippen LogP contribution >= 0.6 is 0 Å². The number of rotatable bonds is 9. The first kappa shape index (κ1) is 28.4. The van der Waals surface area contributed by atoms with Crippen molar-refractivity contribution in [3.8, 4) is 5.75 Å². The minimum absolute atomic E-state index is 0.0143. The maximum Gasteiger partial charge on any atom is 0.416 e. The van der Waals surface area contributed by atoms with Gasteiger partial charge in [0.05, 0.1) is 18.1 Å². The third-order valence-electron chi connectivity index (χ3n) is 8.30. The normalized spacial score (nSPS) is 22.4. The van der Waals surface area contributed by atoms with Crippen molar-refractivity contribution in [2.24, 2.45) is 11.8 Å². The number of fused-ring (bicyclic) bond motifs is 1. The number of carbonyl (C=O) groups excluding carboxylic acids is 1. The largest absolute Gasteiger partial charge is 0.493 e. The molecule has 0 aliphatic carbocycles. The molecule has 3 atom stereocenters. The number of likely N-dealkylation sites (tertiary alicyclic amines) is 2. The lowest BCUT2D eigenvalue weighted by atomic mass is 9.88. The fourth-order valence-electron chi connectivity index (χ4n) is 6.16. The predicted molar refractivity (Wildman–Crippen MR) is 151 cm³/mol. The van der Waals surface area contributed by atoms with Gasteiger partial charge in [0.15, 0.2) is 0 Å². The molecule has 2 heterocycles. The Morgan fingerprint density at radius 3 is 2.62 bits per heavy atom. The summed E-state index contributed by atoms with van der Waals surface area (Å²) in [6.45, 7) is 4.07. The molecule has 1 amide bonds. The van der Waals surface area contributed by atoms with Gasteiger partial charge in [-0.25, -0.2) is 0 Å². The Morgan fingerprint density at radius 2 is 1.85 bits per heavy atom. The van der Waals surface area contributed by atoms with Crippen molar-refractivity contribution in [1.82, 2.24) is 15.1 Å². The highest BCUT2D eigenvalue weighted by molar-refractivity contribution is 5.83. The SMILES string of the molecule is CN1CCC[C@H]1CCNC(=O)[C@@H]1C[C@H](COc2cccc(C(F)(F)F)c2)CN(Cc2ccc3ccccc3c2)C1. The molecule has 2 aliphatic rings. The Bertz CT molecular complexity index is 1300. The molecule has 2 saturated heterocycles. The van der Waals surface area contributed by atoms with Crippen molar-refractivity contribution in [2.75, 3.05) is 39.8 Å². The van der Waals surface area contributed by atoms with Crippen LogP contribution in [0.5, 0.6) is 5.75 Å². The number of benzene rings is 3. The van der Waals surface area contributed by atoms with Gasteiger partial charge in [-0.05, 0) is 79.9 Å². The number of ether oxygens (including phenoxy) is 1. The molecule has 5 rings (SSSR count). The van der Waals surface area contributed by atoms with Crippen LogP contribution in [-0.2, 0) is 17.5 Å². The summed E-state index contributed by atoms with van der Waals surface area (Å²) in [6, 6.07) is 20.2. The van der Waals surface area contributed by atoms with Gasteiger partial charge in [0.25, 0.3) is 0 Å². The summed E-state index contributed by atoms with van der Waals surface area (Å²) in [6.07, 6.45) is -0.461. The standard InChI is InChI=1S/C32H38F3N3O2/c1-37-15-5-9-29(37)13-14-36-31(39)27-17-24(22-40-30-10-4-8-28(18-30)32(33,34)35)20-38(21-27)19-23-11-12-25-6-2-3-7-26(25)16-23/h2-4,6-8,10-12,16,18,24,27,29H,5,9,13-15,17,19-22H2,1H3,(H,36,39)/t24-,27+,29-/m0/s1. The highest BCUT2D eigenvalue weighted by Gasteiger charge is 2.33. The van der Waals surface area contributed by atoms with Crippen LogP contribution in [0.2, 0.25) is 0 Å². The third-order valence-corrected chi connectivity index (χ3v) is 8.30. The molecule has 214 valence electrons. The molecule has 0 unspecified atom stereocenters. The monoisotopic (exact) mass is 553 g/mol. The van der Waals surface area contributed by atoms with Crippen molar-refractivity contribution in [3.63, 3.8) is 0 Å². The number of nitrogens with zero attached hydrogens (tertiary/aromatic N) is 2. The molecule has 0 bridgehead atoms. The quantitative estimate of drug-likeness (QED) is 0.354. The second-order valence-electron chi connectivity index (χ2n) is 11.4. The number of carbonyl (C=O) groups is 1. The van der Waals surface area contributed by atoms with Gasteiger partial charge in [-0.15, -0.1) is 0 Å². The average Bonchev–Trinajstić information content (AvgIpc) is 3.35. The van der Waals surface area contributed by atoms with E-state index in [-0.39, 0.29) is 30.1 Å². The van der Waals surface area contributed by atoms with Crippen LogP contribution in [0, 0.1) is 11.8 Å². The van der Waals surface area contributed by atoms with E-state index in [0.717, 1.165) is 25.1 Å². The second-order valence-corrected chi connectivity index (χ2v) is 11.4. The Labute approximate surface area is 234 Å². The van der Waals surface area contributed by atoms with E-state index in [1.54, 1.807) is 6.07 Å². The minimum atomic E-state index is -4.42. The van der Waals surface area contributed by atoms with Gasteiger partial charge in [0.1, 0.15) is 5.75 Å². The van der Waals surface area contributed by atoms with Crippen LogP contribution in [0.15, 0.2) is 66.7 Å². The van der Waals surface area contributed by atoms with Gasteiger partial charge in [0.2, 0.25) is 5.91 Å². The van der Waals surface area contributed by atoms with Gasteiger partial charge >= 0.3 is 6.18 Å². The molecule has 8 heteroatoms. The molecule has 0 radical (unpaired) electrons. The third kappa shape index (κ3) is 7.34. The lowest BCUT2D eigenvalue weighted by Gasteiger charge is -2.37. The highest BCUT2D eigenvalue weighted by Crippen LogP contribution is 2.32. The molecule has 0 spiro atoms. The lowest BCUT2D eigenvalue weighted by molar-refractivity contribution is -0.137. The van der Waals surface area contributed by atoms with Crippen LogP contribution in [0.1, 0.15) is 36.8 Å². The molecule has 0 aromatic heterocycles. The van der Waals surface area contributed by atoms with Crippen LogP contribution in [0.25, 0.3) is 10.8 Å². The van der Waals surface area contributed by atoms with E-state index in [0.29, 0.717) is 38.6 Å². The Kier molecular flexibility index (Phi) is 8.96. The van der Waals surface area contributed by atoms with Gasteiger partial charge in [-0.1, -0.05) is 42.5 Å². The fourth-order valence-corrected chi connectivity index (χ4v) is 6.16. The number of hydrogen-bond acceptors (Lipinski definition) is 4. The van der Waals surface area contributed by atoms with Crippen molar-refractivity contribution in [3.05, 3.63) is 77.9 Å². The lowest BCUT2D eigenvalue weighted by Crippen LogP contribution is -2.47. The first-order valence-electron chi connectivity index (χ1n) is 14.2. The molecular weight excluding hydrogens is 515 g/mol. The summed E-state index contributed by atoms with van der Waals surface area (Å²) < 4.78 is 45.4. The van der Waals surface area contributed by atoms with Gasteiger partial charge in [-0.3, -0.25) is 9.69 Å².